The molecule has 0 atom stereocenters. The number of rotatable bonds is 5. The second-order valence-corrected chi connectivity index (χ2v) is 8.26. The van der Waals surface area contributed by atoms with E-state index < -0.39 is 5.60 Å². The number of nitrogens with one attached hydrogen (secondary N) is 1. The van der Waals surface area contributed by atoms with Gasteiger partial charge < -0.3 is 24.8 Å². The van der Waals surface area contributed by atoms with E-state index in [9.17, 15) is 5.11 Å². The lowest BCUT2D eigenvalue weighted by Crippen LogP contribution is -2.54. The molecule has 2 saturated heterocycles. The van der Waals surface area contributed by atoms with Crippen molar-refractivity contribution in [1.29, 1.82) is 0 Å². The largest absolute Gasteiger partial charge is 0.384 e. The van der Waals surface area contributed by atoms with Gasteiger partial charge in [-0.15, -0.1) is 5.10 Å². The first-order valence-corrected chi connectivity index (χ1v) is 9.03. The minimum absolute atomic E-state index is 0.0264. The normalized spacial score (nSPS) is 21.7. The molecule has 140 valence electrons. The summed E-state index contributed by atoms with van der Waals surface area (Å²) >= 11 is 0. The van der Waals surface area contributed by atoms with Crippen molar-refractivity contribution in [3.05, 3.63) is 17.8 Å². The highest BCUT2D eigenvalue weighted by Crippen LogP contribution is 2.24. The number of hydrogen-bond donors (Lipinski definition) is 2. The Bertz CT molecular complexity index is 544. The molecule has 0 amide bonds. The first-order chi connectivity index (χ1) is 11.9. The summed E-state index contributed by atoms with van der Waals surface area (Å²) in [6, 6.07) is 4.12. The highest BCUT2D eigenvalue weighted by atomic mass is 16.6. The molecule has 25 heavy (non-hydrogen) atoms. The Morgan fingerprint density at radius 1 is 1.20 bits per heavy atom. The van der Waals surface area contributed by atoms with Gasteiger partial charge in [0.2, 0.25) is 0 Å². The van der Waals surface area contributed by atoms with Crippen LogP contribution in [0.1, 0.15) is 26.5 Å². The molecule has 7 heteroatoms. The predicted molar refractivity (Wildman–Crippen MR) is 95.9 cm³/mol. The van der Waals surface area contributed by atoms with Gasteiger partial charge in [0.25, 0.3) is 0 Å². The fraction of sp³-hybridized carbons (Fsp3) is 0.778. The lowest BCUT2D eigenvalue weighted by atomic mass is 9.92. The molecule has 0 aromatic carbocycles. The van der Waals surface area contributed by atoms with E-state index in [1.807, 2.05) is 0 Å². The van der Waals surface area contributed by atoms with Gasteiger partial charge in [-0.3, -0.25) is 0 Å². The molecule has 0 saturated carbocycles. The predicted octanol–water partition coefficient (Wildman–Crippen LogP) is 0.578. The molecule has 0 unspecified atom stereocenters. The van der Waals surface area contributed by atoms with E-state index in [1.54, 1.807) is 0 Å². The third kappa shape index (κ3) is 4.88. The van der Waals surface area contributed by atoms with Crippen LogP contribution in [0.15, 0.2) is 12.1 Å². The van der Waals surface area contributed by atoms with Crippen LogP contribution in [0.5, 0.6) is 0 Å². The van der Waals surface area contributed by atoms with Crippen molar-refractivity contribution in [3.8, 4) is 0 Å². The Morgan fingerprint density at radius 2 is 1.88 bits per heavy atom. The van der Waals surface area contributed by atoms with Gasteiger partial charge in [0, 0.05) is 37.5 Å². The molecule has 1 aromatic rings. The Morgan fingerprint density at radius 3 is 2.44 bits per heavy atom. The average molecular weight is 350 g/mol. The number of aromatic nitrogens is 2. The maximum Gasteiger partial charge on any atom is 0.151 e. The van der Waals surface area contributed by atoms with E-state index >= 15 is 0 Å². The Balaban J connectivity index is 1.39. The van der Waals surface area contributed by atoms with Crippen molar-refractivity contribution >= 4 is 5.82 Å². The van der Waals surface area contributed by atoms with Gasteiger partial charge in [0.05, 0.1) is 32.1 Å². The molecule has 3 heterocycles. The molecular weight excluding hydrogens is 320 g/mol. The molecule has 7 nitrogen and oxygen atoms in total. The Kier molecular flexibility index (Phi) is 5.58. The highest BCUT2D eigenvalue weighted by Gasteiger charge is 2.32. The second-order valence-electron chi connectivity index (χ2n) is 8.26. The highest BCUT2D eigenvalue weighted by molar-refractivity contribution is 5.41. The molecule has 2 aliphatic rings. The zero-order chi connectivity index (χ0) is 17.9. The zero-order valence-corrected chi connectivity index (χ0v) is 15.5. The Hall–Kier alpha value is -1.28. The smallest absolute Gasteiger partial charge is 0.151 e. The van der Waals surface area contributed by atoms with E-state index in [2.05, 4.69) is 53.3 Å². The molecule has 3 rings (SSSR count). The van der Waals surface area contributed by atoms with Gasteiger partial charge >= 0.3 is 0 Å². The molecule has 2 aliphatic heterocycles. The summed E-state index contributed by atoms with van der Waals surface area (Å²) in [6.45, 7) is 11.4. The minimum atomic E-state index is -0.922. The van der Waals surface area contributed by atoms with Crippen LogP contribution in [0, 0.1) is 5.92 Å². The summed E-state index contributed by atoms with van der Waals surface area (Å²) in [5, 5.41) is 22.5. The van der Waals surface area contributed by atoms with Crippen molar-refractivity contribution in [2.24, 2.45) is 5.92 Å². The van der Waals surface area contributed by atoms with Crippen molar-refractivity contribution in [3.63, 3.8) is 0 Å². The van der Waals surface area contributed by atoms with Crippen LogP contribution in [-0.4, -0.2) is 73.5 Å². The molecule has 0 bridgehead atoms. The van der Waals surface area contributed by atoms with Crippen LogP contribution in [0.25, 0.3) is 0 Å². The Labute approximate surface area is 149 Å². The van der Waals surface area contributed by atoms with Gasteiger partial charge in [-0.05, 0) is 12.1 Å². The lowest BCUT2D eigenvalue weighted by Gasteiger charge is -2.40. The molecule has 0 spiro atoms. The van der Waals surface area contributed by atoms with Crippen LogP contribution in [-0.2, 0) is 14.9 Å². The first-order valence-electron chi connectivity index (χ1n) is 9.03. The second kappa shape index (κ2) is 7.53. The lowest BCUT2D eigenvalue weighted by molar-refractivity contribution is -0.0534. The molecule has 0 aliphatic carbocycles. The number of anilines is 1. The maximum atomic E-state index is 10.4. The summed E-state index contributed by atoms with van der Waals surface area (Å²) < 4.78 is 10.8. The van der Waals surface area contributed by atoms with Gasteiger partial charge in [-0.1, -0.05) is 20.8 Å². The van der Waals surface area contributed by atoms with Gasteiger partial charge in [-0.2, -0.15) is 5.10 Å². The van der Waals surface area contributed by atoms with Crippen molar-refractivity contribution < 1.29 is 14.6 Å². The molecule has 0 radical (unpaired) electrons. The van der Waals surface area contributed by atoms with Crippen LogP contribution in [0.2, 0.25) is 0 Å². The van der Waals surface area contributed by atoms with Crippen LogP contribution in [0.4, 0.5) is 5.82 Å². The van der Waals surface area contributed by atoms with Crippen molar-refractivity contribution in [2.75, 3.05) is 57.5 Å². The quantitative estimate of drug-likeness (QED) is 0.804. The van der Waals surface area contributed by atoms with Crippen LogP contribution < -0.4 is 10.2 Å². The van der Waals surface area contributed by atoms with Crippen molar-refractivity contribution in [2.45, 2.75) is 31.8 Å². The van der Waals surface area contributed by atoms with E-state index in [0.717, 1.165) is 31.1 Å². The van der Waals surface area contributed by atoms with E-state index in [4.69, 9.17) is 9.47 Å². The van der Waals surface area contributed by atoms with Crippen molar-refractivity contribution in [1.82, 2.24) is 15.5 Å². The molecular formula is C18H30N4O3. The molecule has 1 aromatic heterocycles. The van der Waals surface area contributed by atoms with Crippen LogP contribution in [0.3, 0.4) is 0 Å². The molecule has 2 N–H and O–H groups in total. The number of ether oxygens (including phenoxy) is 2. The number of hydrogen-bond acceptors (Lipinski definition) is 7. The fourth-order valence-electron chi connectivity index (χ4n) is 3.07. The summed E-state index contributed by atoms with van der Waals surface area (Å²) in [6.07, 6.45) is 0. The fourth-order valence-corrected chi connectivity index (χ4v) is 3.07. The van der Waals surface area contributed by atoms with E-state index in [0.29, 0.717) is 38.9 Å². The van der Waals surface area contributed by atoms with Gasteiger partial charge in [-0.25, -0.2) is 0 Å². The van der Waals surface area contributed by atoms with E-state index in [-0.39, 0.29) is 5.41 Å². The summed E-state index contributed by atoms with van der Waals surface area (Å²) in [7, 11) is 0. The standard InChI is InChI=1S/C18H30N4O3/c1-17(2,3)15-4-5-16(21-20-15)22-9-14(10-22)8-19-11-18(23)12-24-6-7-25-13-18/h4-5,14,19,23H,6-13H2,1-3H3. The van der Waals surface area contributed by atoms with Gasteiger partial charge in [0.1, 0.15) is 5.60 Å². The number of aliphatic hydroxyl groups is 1. The SMILES string of the molecule is CC(C)(C)c1ccc(N2CC(CNCC3(O)COCCOC3)C2)nn1. The topological polar surface area (TPSA) is 79.7 Å². The first kappa shape index (κ1) is 18.5. The monoisotopic (exact) mass is 350 g/mol. The van der Waals surface area contributed by atoms with Gasteiger partial charge in [0.15, 0.2) is 5.82 Å². The summed E-state index contributed by atoms with van der Waals surface area (Å²) in [4.78, 5) is 2.23. The average Bonchev–Trinajstić information content (AvgIpc) is 2.74. The third-order valence-corrected chi connectivity index (χ3v) is 4.70. The van der Waals surface area contributed by atoms with E-state index in [1.165, 1.54) is 0 Å². The number of nitrogens with zero attached hydrogens (tertiary/aromatic N) is 3. The molecule has 2 fully saturated rings. The zero-order valence-electron chi connectivity index (χ0n) is 15.5. The maximum absolute atomic E-state index is 10.4. The summed E-state index contributed by atoms with van der Waals surface area (Å²) in [5.74, 6) is 1.49. The third-order valence-electron chi connectivity index (χ3n) is 4.70. The minimum Gasteiger partial charge on any atom is -0.384 e. The summed E-state index contributed by atoms with van der Waals surface area (Å²) in [5.41, 5.74) is 0.114. The van der Waals surface area contributed by atoms with Crippen LogP contribution >= 0.6 is 0 Å².